The van der Waals surface area contributed by atoms with Gasteiger partial charge in [-0.1, -0.05) is 12.1 Å². The van der Waals surface area contributed by atoms with Crippen molar-refractivity contribution in [1.29, 1.82) is 0 Å². The summed E-state index contributed by atoms with van der Waals surface area (Å²) < 4.78 is 10.0. The van der Waals surface area contributed by atoms with E-state index in [9.17, 15) is 14.4 Å². The highest BCUT2D eigenvalue weighted by Gasteiger charge is 2.25. The first-order chi connectivity index (χ1) is 14.1. The summed E-state index contributed by atoms with van der Waals surface area (Å²) in [5, 5.41) is 5.61. The van der Waals surface area contributed by atoms with E-state index < -0.39 is 6.09 Å². The van der Waals surface area contributed by atoms with Crippen molar-refractivity contribution in [3.8, 4) is 5.75 Å². The Morgan fingerprint density at radius 2 is 1.90 bits per heavy atom. The lowest BCUT2D eigenvalue weighted by molar-refractivity contribution is -0.116. The molecule has 0 atom stereocenters. The molecule has 1 heterocycles. The van der Waals surface area contributed by atoms with Crippen LogP contribution >= 0.6 is 0 Å². The minimum atomic E-state index is -0.423. The largest absolute Gasteiger partial charge is 0.497 e. The van der Waals surface area contributed by atoms with Gasteiger partial charge in [0.25, 0.3) is 5.91 Å². The van der Waals surface area contributed by atoms with Gasteiger partial charge in [-0.25, -0.2) is 4.79 Å². The first-order valence-electron chi connectivity index (χ1n) is 9.34. The maximum Gasteiger partial charge on any atom is 0.414 e. The van der Waals surface area contributed by atoms with Crippen LogP contribution in [-0.4, -0.2) is 44.7 Å². The minimum Gasteiger partial charge on any atom is -0.497 e. The maximum absolute atomic E-state index is 12.3. The smallest absolute Gasteiger partial charge is 0.414 e. The molecule has 2 aromatic rings. The standard InChI is InChI=1S/C21H23N3O5/c1-28-16-10-8-15(9-11-16)20(26)22-12-4-7-19(25)23-17-5-2-3-6-18(17)24-13-14-29-21(24)27/h2-3,5-6,8-11H,4,7,12-14H2,1H3,(H,22,26)(H,23,25). The van der Waals surface area contributed by atoms with E-state index in [-0.39, 0.29) is 18.2 Å². The molecule has 8 heteroatoms. The van der Waals surface area contributed by atoms with Gasteiger partial charge >= 0.3 is 6.09 Å². The molecular weight excluding hydrogens is 374 g/mol. The number of amides is 3. The van der Waals surface area contributed by atoms with Crippen molar-refractivity contribution in [2.75, 3.05) is 37.0 Å². The molecule has 1 aliphatic rings. The molecule has 1 fully saturated rings. The van der Waals surface area contributed by atoms with Crippen LogP contribution in [0, 0.1) is 0 Å². The fraction of sp³-hybridized carbons (Fsp3) is 0.286. The Balaban J connectivity index is 1.46. The van der Waals surface area contributed by atoms with E-state index in [1.54, 1.807) is 55.6 Å². The van der Waals surface area contributed by atoms with Crippen LogP contribution in [0.25, 0.3) is 0 Å². The van der Waals surface area contributed by atoms with Gasteiger partial charge in [0.2, 0.25) is 5.91 Å². The normalized spacial score (nSPS) is 13.0. The maximum atomic E-state index is 12.3. The van der Waals surface area contributed by atoms with Gasteiger partial charge in [0.15, 0.2) is 0 Å². The van der Waals surface area contributed by atoms with E-state index in [0.717, 1.165) is 0 Å². The molecule has 0 aromatic heterocycles. The van der Waals surface area contributed by atoms with Crippen molar-refractivity contribution in [1.82, 2.24) is 5.32 Å². The van der Waals surface area contributed by atoms with Crippen molar-refractivity contribution < 1.29 is 23.9 Å². The van der Waals surface area contributed by atoms with Gasteiger partial charge in [-0.05, 0) is 42.8 Å². The van der Waals surface area contributed by atoms with E-state index in [0.29, 0.717) is 48.8 Å². The second-order valence-corrected chi connectivity index (χ2v) is 6.42. The Hall–Kier alpha value is -3.55. The van der Waals surface area contributed by atoms with Gasteiger partial charge in [0.05, 0.1) is 25.0 Å². The second-order valence-electron chi connectivity index (χ2n) is 6.42. The molecule has 2 N–H and O–H groups in total. The zero-order valence-corrected chi connectivity index (χ0v) is 16.1. The molecule has 3 rings (SSSR count). The fourth-order valence-corrected chi connectivity index (χ4v) is 2.93. The predicted molar refractivity (Wildman–Crippen MR) is 108 cm³/mol. The van der Waals surface area contributed by atoms with Crippen LogP contribution < -0.4 is 20.3 Å². The van der Waals surface area contributed by atoms with Crippen LogP contribution in [-0.2, 0) is 9.53 Å². The Labute approximate surface area is 168 Å². The van der Waals surface area contributed by atoms with Gasteiger partial charge in [-0.3, -0.25) is 14.5 Å². The third kappa shape index (κ3) is 5.25. The predicted octanol–water partition coefficient (Wildman–Crippen LogP) is 2.80. The zero-order chi connectivity index (χ0) is 20.6. The Morgan fingerprint density at radius 3 is 2.59 bits per heavy atom. The molecule has 0 unspecified atom stereocenters. The van der Waals surface area contributed by atoms with Crippen molar-refractivity contribution in [3.63, 3.8) is 0 Å². The zero-order valence-electron chi connectivity index (χ0n) is 16.1. The average Bonchev–Trinajstić information content (AvgIpc) is 3.17. The SMILES string of the molecule is COc1ccc(C(=O)NCCCC(=O)Nc2ccccc2N2CCOC2=O)cc1. The van der Waals surface area contributed by atoms with Gasteiger partial charge in [-0.15, -0.1) is 0 Å². The number of benzene rings is 2. The number of carbonyl (C=O) groups excluding carboxylic acids is 3. The average molecular weight is 397 g/mol. The molecule has 0 bridgehead atoms. The number of rotatable bonds is 8. The summed E-state index contributed by atoms with van der Waals surface area (Å²) in [5.74, 6) is 0.287. The van der Waals surface area contributed by atoms with E-state index >= 15 is 0 Å². The highest BCUT2D eigenvalue weighted by atomic mass is 16.6. The van der Waals surface area contributed by atoms with E-state index in [1.165, 1.54) is 4.90 Å². The Morgan fingerprint density at radius 1 is 1.14 bits per heavy atom. The molecule has 29 heavy (non-hydrogen) atoms. The van der Waals surface area contributed by atoms with Crippen LogP contribution in [0.1, 0.15) is 23.2 Å². The summed E-state index contributed by atoms with van der Waals surface area (Å²) in [6, 6.07) is 13.9. The van der Waals surface area contributed by atoms with Gasteiger partial charge in [-0.2, -0.15) is 0 Å². The molecule has 0 saturated carbocycles. The number of cyclic esters (lactones) is 1. The molecular formula is C21H23N3O5. The van der Waals surface area contributed by atoms with E-state index in [1.807, 2.05) is 0 Å². The van der Waals surface area contributed by atoms with Gasteiger partial charge < -0.3 is 20.1 Å². The van der Waals surface area contributed by atoms with Crippen molar-refractivity contribution in [2.24, 2.45) is 0 Å². The van der Waals surface area contributed by atoms with E-state index in [2.05, 4.69) is 10.6 Å². The summed E-state index contributed by atoms with van der Waals surface area (Å²) >= 11 is 0. The van der Waals surface area contributed by atoms with E-state index in [4.69, 9.17) is 9.47 Å². The lowest BCUT2D eigenvalue weighted by Crippen LogP contribution is -2.26. The fourth-order valence-electron chi connectivity index (χ4n) is 2.93. The van der Waals surface area contributed by atoms with Crippen LogP contribution in [0.4, 0.5) is 16.2 Å². The number of hydrogen-bond donors (Lipinski definition) is 2. The first-order valence-corrected chi connectivity index (χ1v) is 9.34. The number of nitrogens with one attached hydrogen (secondary N) is 2. The third-order valence-electron chi connectivity index (χ3n) is 4.45. The monoisotopic (exact) mass is 397 g/mol. The quantitative estimate of drug-likeness (QED) is 0.668. The molecule has 2 aromatic carbocycles. The summed E-state index contributed by atoms with van der Waals surface area (Å²) in [7, 11) is 1.56. The summed E-state index contributed by atoms with van der Waals surface area (Å²) in [6.45, 7) is 1.15. The summed E-state index contributed by atoms with van der Waals surface area (Å²) in [6.07, 6.45) is 0.302. The highest BCUT2D eigenvalue weighted by molar-refractivity contribution is 5.99. The number of para-hydroxylation sites is 2. The number of methoxy groups -OCH3 is 1. The number of hydrogen-bond acceptors (Lipinski definition) is 5. The van der Waals surface area contributed by atoms with Crippen molar-refractivity contribution >= 4 is 29.3 Å². The highest BCUT2D eigenvalue weighted by Crippen LogP contribution is 2.28. The number of nitrogens with zero attached hydrogens (tertiary/aromatic N) is 1. The van der Waals surface area contributed by atoms with Crippen LogP contribution in [0.15, 0.2) is 48.5 Å². The number of ether oxygens (including phenoxy) is 2. The lowest BCUT2D eigenvalue weighted by atomic mass is 10.2. The minimum absolute atomic E-state index is 0.191. The number of carbonyl (C=O) groups is 3. The van der Waals surface area contributed by atoms with Crippen LogP contribution in [0.2, 0.25) is 0 Å². The van der Waals surface area contributed by atoms with Gasteiger partial charge in [0.1, 0.15) is 12.4 Å². The first kappa shape index (κ1) is 20.2. The third-order valence-corrected chi connectivity index (χ3v) is 4.45. The molecule has 0 aliphatic carbocycles. The van der Waals surface area contributed by atoms with Crippen molar-refractivity contribution in [3.05, 3.63) is 54.1 Å². The van der Waals surface area contributed by atoms with Crippen molar-refractivity contribution in [2.45, 2.75) is 12.8 Å². The summed E-state index contributed by atoms with van der Waals surface area (Å²) in [4.78, 5) is 37.6. The molecule has 152 valence electrons. The lowest BCUT2D eigenvalue weighted by Gasteiger charge is -2.17. The summed E-state index contributed by atoms with van der Waals surface area (Å²) in [5.41, 5.74) is 1.69. The Kier molecular flexibility index (Phi) is 6.67. The van der Waals surface area contributed by atoms with Gasteiger partial charge in [0, 0.05) is 18.5 Å². The Bertz CT molecular complexity index is 882. The molecule has 1 saturated heterocycles. The second kappa shape index (κ2) is 9.59. The number of anilines is 2. The molecule has 8 nitrogen and oxygen atoms in total. The topological polar surface area (TPSA) is 97.0 Å². The molecule has 0 radical (unpaired) electrons. The van der Waals surface area contributed by atoms with Crippen LogP contribution in [0.5, 0.6) is 5.75 Å². The molecule has 1 aliphatic heterocycles. The van der Waals surface area contributed by atoms with Crippen LogP contribution in [0.3, 0.4) is 0 Å². The molecule has 0 spiro atoms. The molecule has 3 amide bonds.